The molecule has 0 spiro atoms. The molecule has 0 aromatic carbocycles. The van der Waals surface area contributed by atoms with Crippen LogP contribution in [0.1, 0.15) is 36.1 Å². The van der Waals surface area contributed by atoms with E-state index < -0.39 is 0 Å². The molecule has 0 radical (unpaired) electrons. The number of aromatic nitrogens is 1. The van der Waals surface area contributed by atoms with Gasteiger partial charge in [-0.05, 0) is 51.8 Å². The highest BCUT2D eigenvalue weighted by Crippen LogP contribution is 2.32. The van der Waals surface area contributed by atoms with Crippen molar-refractivity contribution in [2.24, 2.45) is 5.73 Å². The average Bonchev–Trinajstić information content (AvgIpc) is 2.61. The van der Waals surface area contributed by atoms with E-state index in [4.69, 9.17) is 16.1 Å². The van der Waals surface area contributed by atoms with Crippen molar-refractivity contribution < 1.29 is 0 Å². The van der Waals surface area contributed by atoms with Crippen molar-refractivity contribution in [3.8, 4) is 0 Å². The van der Waals surface area contributed by atoms with Gasteiger partial charge >= 0.3 is 0 Å². The fraction of sp³-hybridized carbons (Fsp3) is 0.625. The predicted molar refractivity (Wildman–Crippen MR) is 86.1 cm³/mol. The predicted octanol–water partition coefficient (Wildman–Crippen LogP) is 1.66. The molecule has 5 heteroatoms. The lowest BCUT2D eigenvalue weighted by Crippen LogP contribution is -2.38. The Morgan fingerprint density at radius 1 is 1.29 bits per heavy atom. The van der Waals surface area contributed by atoms with Gasteiger partial charge in [-0.15, -0.1) is 0 Å². The zero-order valence-electron chi connectivity index (χ0n) is 13.2. The fourth-order valence-corrected chi connectivity index (χ4v) is 3.88. The lowest BCUT2D eigenvalue weighted by atomic mass is 10.0. The Morgan fingerprint density at radius 3 is 2.71 bits per heavy atom. The summed E-state index contributed by atoms with van der Waals surface area (Å²) in [7, 11) is 2.24. The van der Waals surface area contributed by atoms with Crippen LogP contribution in [0.3, 0.4) is 0 Å². The summed E-state index contributed by atoms with van der Waals surface area (Å²) in [5, 5.41) is 7.91. The standard InChI is InChI=1S/C16H25N5/c1-10-8-11(2)19-16(14(10)15(17)18)21-7-6-12-4-5-13(9-21)20(12)3/h8,12-13H,4-7,9H2,1-3H3,(H3,17,18). The van der Waals surface area contributed by atoms with Gasteiger partial charge in [0.15, 0.2) is 0 Å². The van der Waals surface area contributed by atoms with Crippen LogP contribution in [0.2, 0.25) is 0 Å². The van der Waals surface area contributed by atoms with E-state index in [1.54, 1.807) is 0 Å². The van der Waals surface area contributed by atoms with Gasteiger partial charge in [-0.1, -0.05) is 0 Å². The Morgan fingerprint density at radius 2 is 2.00 bits per heavy atom. The number of pyridine rings is 1. The summed E-state index contributed by atoms with van der Waals surface area (Å²) in [4.78, 5) is 9.58. The largest absolute Gasteiger partial charge is 0.384 e. The van der Waals surface area contributed by atoms with Crippen LogP contribution in [0.15, 0.2) is 6.07 Å². The Kier molecular flexibility index (Phi) is 3.61. The number of nitrogens with one attached hydrogen (secondary N) is 1. The summed E-state index contributed by atoms with van der Waals surface area (Å²) in [5.41, 5.74) is 8.67. The van der Waals surface area contributed by atoms with E-state index in [1.165, 1.54) is 19.3 Å². The highest BCUT2D eigenvalue weighted by atomic mass is 15.3. The Balaban J connectivity index is 1.98. The summed E-state index contributed by atoms with van der Waals surface area (Å²) >= 11 is 0. The highest BCUT2D eigenvalue weighted by Gasteiger charge is 2.35. The van der Waals surface area contributed by atoms with E-state index in [2.05, 4.69) is 16.8 Å². The first-order valence-corrected chi connectivity index (χ1v) is 7.77. The van der Waals surface area contributed by atoms with Gasteiger partial charge in [0.25, 0.3) is 0 Å². The van der Waals surface area contributed by atoms with Crippen molar-refractivity contribution in [3.05, 3.63) is 22.9 Å². The molecule has 3 N–H and O–H groups in total. The fourth-order valence-electron chi connectivity index (χ4n) is 3.88. The monoisotopic (exact) mass is 287 g/mol. The second-order valence-electron chi connectivity index (χ2n) is 6.48. The van der Waals surface area contributed by atoms with Gasteiger partial charge < -0.3 is 10.6 Å². The van der Waals surface area contributed by atoms with Gasteiger partial charge in [0, 0.05) is 30.9 Å². The van der Waals surface area contributed by atoms with Gasteiger partial charge in [-0.25, -0.2) is 4.98 Å². The van der Waals surface area contributed by atoms with Crippen LogP contribution in [-0.2, 0) is 0 Å². The first kappa shape index (κ1) is 14.3. The van der Waals surface area contributed by atoms with Gasteiger partial charge in [0.1, 0.15) is 11.7 Å². The number of likely N-dealkylation sites (N-methyl/N-ethyl adjacent to an activating group) is 1. The molecule has 2 aliphatic heterocycles. The molecule has 2 saturated heterocycles. The molecule has 21 heavy (non-hydrogen) atoms. The molecular formula is C16H25N5. The Labute approximate surface area is 126 Å². The molecule has 114 valence electrons. The summed E-state index contributed by atoms with van der Waals surface area (Å²) in [5.74, 6) is 1.03. The van der Waals surface area contributed by atoms with Crippen LogP contribution >= 0.6 is 0 Å². The number of hydrogen-bond acceptors (Lipinski definition) is 4. The molecule has 1 aromatic heterocycles. The molecule has 0 amide bonds. The summed E-state index contributed by atoms with van der Waals surface area (Å²) in [6.45, 7) is 6.02. The van der Waals surface area contributed by atoms with Crippen LogP contribution in [0.4, 0.5) is 5.82 Å². The quantitative estimate of drug-likeness (QED) is 0.641. The number of amidine groups is 1. The van der Waals surface area contributed by atoms with Crippen LogP contribution in [-0.4, -0.2) is 47.9 Å². The highest BCUT2D eigenvalue weighted by molar-refractivity contribution is 6.01. The first-order chi connectivity index (χ1) is 9.97. The number of nitrogen functional groups attached to an aromatic ring is 1. The number of aryl methyl sites for hydroxylation is 2. The number of anilines is 1. The van der Waals surface area contributed by atoms with E-state index >= 15 is 0 Å². The minimum atomic E-state index is 0.123. The molecule has 5 nitrogen and oxygen atoms in total. The van der Waals surface area contributed by atoms with Gasteiger partial charge in [0.05, 0.1) is 5.56 Å². The molecule has 1 aromatic rings. The van der Waals surface area contributed by atoms with Crippen molar-refractivity contribution in [1.29, 1.82) is 5.41 Å². The molecule has 0 saturated carbocycles. The molecular weight excluding hydrogens is 262 g/mol. The van der Waals surface area contributed by atoms with E-state index in [-0.39, 0.29) is 5.84 Å². The third-order valence-electron chi connectivity index (χ3n) is 5.04. The summed E-state index contributed by atoms with van der Waals surface area (Å²) < 4.78 is 0. The molecule has 2 aliphatic rings. The van der Waals surface area contributed by atoms with Crippen LogP contribution in [0, 0.1) is 19.3 Å². The first-order valence-electron chi connectivity index (χ1n) is 7.77. The number of hydrogen-bond donors (Lipinski definition) is 2. The number of fused-ring (bicyclic) bond motifs is 2. The molecule has 3 heterocycles. The minimum absolute atomic E-state index is 0.123. The van der Waals surface area contributed by atoms with Crippen molar-refractivity contribution in [2.75, 3.05) is 25.0 Å². The van der Waals surface area contributed by atoms with Crippen molar-refractivity contribution in [1.82, 2.24) is 9.88 Å². The average molecular weight is 287 g/mol. The van der Waals surface area contributed by atoms with Crippen molar-refractivity contribution in [3.63, 3.8) is 0 Å². The zero-order valence-corrected chi connectivity index (χ0v) is 13.2. The summed E-state index contributed by atoms with van der Waals surface area (Å²) in [6, 6.07) is 3.31. The zero-order chi connectivity index (χ0) is 15.1. The number of nitrogens with two attached hydrogens (primary N) is 1. The third kappa shape index (κ3) is 2.50. The lowest BCUT2D eigenvalue weighted by Gasteiger charge is -2.29. The van der Waals surface area contributed by atoms with Crippen molar-refractivity contribution in [2.45, 2.75) is 45.2 Å². The van der Waals surface area contributed by atoms with E-state index in [0.29, 0.717) is 12.1 Å². The maximum atomic E-state index is 7.91. The number of nitrogens with zero attached hydrogens (tertiary/aromatic N) is 3. The normalized spacial score (nSPS) is 26.0. The lowest BCUT2D eigenvalue weighted by molar-refractivity contribution is 0.254. The second kappa shape index (κ2) is 5.30. The van der Waals surface area contributed by atoms with E-state index in [0.717, 1.165) is 35.7 Å². The molecule has 0 aliphatic carbocycles. The van der Waals surface area contributed by atoms with Gasteiger partial charge in [0.2, 0.25) is 0 Å². The molecule has 3 rings (SSSR count). The smallest absolute Gasteiger partial charge is 0.140 e. The van der Waals surface area contributed by atoms with Crippen LogP contribution in [0.25, 0.3) is 0 Å². The SMILES string of the molecule is Cc1cc(C)c(C(=N)N)c(N2CCC3CCC(C2)N3C)n1. The van der Waals surface area contributed by atoms with Crippen LogP contribution < -0.4 is 10.6 Å². The van der Waals surface area contributed by atoms with Crippen LogP contribution in [0.5, 0.6) is 0 Å². The molecule has 2 fully saturated rings. The number of rotatable bonds is 2. The van der Waals surface area contributed by atoms with E-state index in [1.807, 2.05) is 19.9 Å². The summed E-state index contributed by atoms with van der Waals surface area (Å²) in [6.07, 6.45) is 3.74. The third-order valence-corrected chi connectivity index (χ3v) is 5.04. The van der Waals surface area contributed by atoms with Gasteiger partial charge in [-0.3, -0.25) is 10.3 Å². The Hall–Kier alpha value is -1.62. The van der Waals surface area contributed by atoms with E-state index in [9.17, 15) is 0 Å². The molecule has 2 atom stereocenters. The second-order valence-corrected chi connectivity index (χ2v) is 6.48. The Bertz CT molecular complexity index is 568. The molecule has 2 bridgehead atoms. The maximum absolute atomic E-state index is 7.91. The minimum Gasteiger partial charge on any atom is -0.384 e. The maximum Gasteiger partial charge on any atom is 0.140 e. The molecule has 2 unspecified atom stereocenters. The topological polar surface area (TPSA) is 69.2 Å². The van der Waals surface area contributed by atoms with Crippen molar-refractivity contribution >= 4 is 11.7 Å². The van der Waals surface area contributed by atoms with Gasteiger partial charge in [-0.2, -0.15) is 0 Å².